The van der Waals surface area contributed by atoms with Crippen LogP contribution < -0.4 is 15.2 Å². The lowest BCUT2D eigenvalue weighted by molar-refractivity contribution is -0.147. The van der Waals surface area contributed by atoms with Crippen LogP contribution in [-0.4, -0.2) is 31.8 Å². The Morgan fingerprint density at radius 2 is 1.79 bits per heavy atom. The van der Waals surface area contributed by atoms with Gasteiger partial charge in [-0.1, -0.05) is 12.1 Å². The van der Waals surface area contributed by atoms with E-state index < -0.39 is 11.9 Å². The first-order valence-electron chi connectivity index (χ1n) is 8.50. The SMILES string of the molecule is CCOC(=O)c1sc(N)c(C#N)c1COC(=O)COc1ccccc1OCC. The van der Waals surface area contributed by atoms with E-state index in [0.717, 1.165) is 11.3 Å². The minimum Gasteiger partial charge on any atom is -0.490 e. The molecule has 0 saturated heterocycles. The van der Waals surface area contributed by atoms with Crippen molar-refractivity contribution in [2.45, 2.75) is 20.5 Å². The number of nitrogens with zero attached hydrogens (tertiary/aromatic N) is 1. The molecule has 0 aliphatic carbocycles. The molecule has 2 aromatic rings. The molecule has 0 aliphatic heterocycles. The molecule has 1 aromatic carbocycles. The van der Waals surface area contributed by atoms with Gasteiger partial charge in [0.05, 0.1) is 18.8 Å². The summed E-state index contributed by atoms with van der Waals surface area (Å²) in [4.78, 5) is 24.2. The van der Waals surface area contributed by atoms with Crippen LogP contribution in [0.2, 0.25) is 0 Å². The Kier molecular flexibility index (Phi) is 7.65. The summed E-state index contributed by atoms with van der Waals surface area (Å²) in [7, 11) is 0. The number of nitrogens with two attached hydrogens (primary N) is 1. The molecule has 0 radical (unpaired) electrons. The Hall–Kier alpha value is -3.25. The van der Waals surface area contributed by atoms with E-state index in [4.69, 9.17) is 24.7 Å². The maximum atomic E-state index is 12.1. The van der Waals surface area contributed by atoms with E-state index in [2.05, 4.69) is 0 Å². The Balaban J connectivity index is 2.03. The third kappa shape index (κ3) is 5.14. The predicted octanol–water partition coefficient (Wildman–Crippen LogP) is 2.90. The second kappa shape index (κ2) is 10.2. The summed E-state index contributed by atoms with van der Waals surface area (Å²) in [6, 6.07) is 8.86. The maximum absolute atomic E-state index is 12.1. The van der Waals surface area contributed by atoms with Gasteiger partial charge in [-0.3, -0.25) is 0 Å². The van der Waals surface area contributed by atoms with Crippen LogP contribution in [0.4, 0.5) is 5.00 Å². The van der Waals surface area contributed by atoms with E-state index in [1.165, 1.54) is 0 Å². The van der Waals surface area contributed by atoms with Crippen molar-refractivity contribution in [2.24, 2.45) is 0 Å². The summed E-state index contributed by atoms with van der Waals surface area (Å²) < 4.78 is 21.0. The topological polar surface area (TPSA) is 121 Å². The van der Waals surface area contributed by atoms with Crippen LogP contribution in [0.5, 0.6) is 11.5 Å². The van der Waals surface area contributed by atoms with Crippen molar-refractivity contribution in [1.29, 1.82) is 5.26 Å². The van der Waals surface area contributed by atoms with Crippen LogP contribution in [0.1, 0.15) is 34.6 Å². The molecule has 1 aromatic heterocycles. The quantitative estimate of drug-likeness (QED) is 0.633. The Morgan fingerprint density at radius 3 is 2.39 bits per heavy atom. The van der Waals surface area contributed by atoms with Crippen molar-refractivity contribution in [1.82, 2.24) is 0 Å². The highest BCUT2D eigenvalue weighted by Crippen LogP contribution is 2.32. The van der Waals surface area contributed by atoms with E-state index in [9.17, 15) is 14.9 Å². The van der Waals surface area contributed by atoms with Crippen molar-refractivity contribution in [3.05, 3.63) is 40.3 Å². The number of anilines is 1. The standard InChI is InChI=1S/C19H20N2O6S/c1-3-24-14-7-5-6-8-15(14)26-11-16(22)27-10-13-12(9-20)18(21)28-17(13)19(23)25-4-2/h5-8H,3-4,10-11,21H2,1-2H3. The Morgan fingerprint density at radius 1 is 1.11 bits per heavy atom. The number of thiophene rings is 1. The number of hydrogen-bond donors (Lipinski definition) is 1. The summed E-state index contributed by atoms with van der Waals surface area (Å²) in [6.45, 7) is 3.48. The monoisotopic (exact) mass is 404 g/mol. The summed E-state index contributed by atoms with van der Waals surface area (Å²) >= 11 is 0.925. The predicted molar refractivity (Wildman–Crippen MR) is 102 cm³/mol. The lowest BCUT2D eigenvalue weighted by Gasteiger charge is -2.11. The highest BCUT2D eigenvalue weighted by atomic mass is 32.1. The number of para-hydroxylation sites is 2. The second-order valence-corrected chi connectivity index (χ2v) is 6.36. The lowest BCUT2D eigenvalue weighted by Crippen LogP contribution is -2.16. The smallest absolute Gasteiger partial charge is 0.348 e. The number of nitriles is 1. The van der Waals surface area contributed by atoms with Gasteiger partial charge < -0.3 is 24.7 Å². The third-order valence-corrected chi connectivity index (χ3v) is 4.52. The molecule has 0 atom stereocenters. The van der Waals surface area contributed by atoms with Crippen LogP contribution in [0.3, 0.4) is 0 Å². The van der Waals surface area contributed by atoms with Crippen LogP contribution in [0.15, 0.2) is 24.3 Å². The van der Waals surface area contributed by atoms with Crippen molar-refractivity contribution in [3.63, 3.8) is 0 Å². The zero-order valence-corrected chi connectivity index (χ0v) is 16.3. The number of ether oxygens (including phenoxy) is 4. The fraction of sp³-hybridized carbons (Fsp3) is 0.316. The second-order valence-electron chi connectivity index (χ2n) is 5.31. The zero-order valence-electron chi connectivity index (χ0n) is 15.5. The molecular weight excluding hydrogens is 384 g/mol. The molecule has 0 saturated carbocycles. The van der Waals surface area contributed by atoms with Gasteiger partial charge in [0.15, 0.2) is 18.1 Å². The molecule has 0 amide bonds. The van der Waals surface area contributed by atoms with Gasteiger partial charge in [0.2, 0.25) is 0 Å². The third-order valence-electron chi connectivity index (χ3n) is 3.48. The summed E-state index contributed by atoms with van der Waals surface area (Å²) in [6.07, 6.45) is 0. The van der Waals surface area contributed by atoms with Crippen molar-refractivity contribution in [3.8, 4) is 17.6 Å². The van der Waals surface area contributed by atoms with E-state index in [-0.39, 0.29) is 40.8 Å². The fourth-order valence-corrected chi connectivity index (χ4v) is 3.20. The molecule has 0 spiro atoms. The molecule has 9 heteroatoms. The van der Waals surface area contributed by atoms with E-state index >= 15 is 0 Å². The van der Waals surface area contributed by atoms with Gasteiger partial charge in [0, 0.05) is 5.56 Å². The van der Waals surface area contributed by atoms with Crippen LogP contribution in [0.25, 0.3) is 0 Å². The van der Waals surface area contributed by atoms with E-state index in [0.29, 0.717) is 18.1 Å². The molecule has 1 heterocycles. The fourth-order valence-electron chi connectivity index (χ4n) is 2.28. The molecule has 2 rings (SSSR count). The molecule has 0 unspecified atom stereocenters. The lowest BCUT2D eigenvalue weighted by atomic mass is 10.1. The first-order valence-corrected chi connectivity index (χ1v) is 9.32. The minimum absolute atomic E-state index is 0.100. The molecular formula is C19H20N2O6S. The first kappa shape index (κ1) is 21.1. The molecule has 0 aliphatic rings. The van der Waals surface area contributed by atoms with E-state index in [1.807, 2.05) is 13.0 Å². The van der Waals surface area contributed by atoms with Crippen molar-refractivity contribution < 1.29 is 28.5 Å². The van der Waals surface area contributed by atoms with Crippen molar-refractivity contribution >= 4 is 28.3 Å². The van der Waals surface area contributed by atoms with Gasteiger partial charge in [-0.2, -0.15) is 5.26 Å². The normalized spacial score (nSPS) is 10.0. The van der Waals surface area contributed by atoms with Gasteiger partial charge in [0.25, 0.3) is 0 Å². The summed E-state index contributed by atoms with van der Waals surface area (Å²) in [5, 5.41) is 9.43. The zero-order chi connectivity index (χ0) is 20.5. The number of carbonyl (C=O) groups is 2. The van der Waals surface area contributed by atoms with Gasteiger partial charge >= 0.3 is 11.9 Å². The number of nitrogen functional groups attached to an aromatic ring is 1. The van der Waals surface area contributed by atoms with Crippen LogP contribution in [-0.2, 0) is 20.9 Å². The Bertz CT molecular complexity index is 887. The molecule has 2 N–H and O–H groups in total. The average molecular weight is 404 g/mol. The van der Waals surface area contributed by atoms with Crippen LogP contribution in [0, 0.1) is 11.3 Å². The molecule has 0 bridgehead atoms. The van der Waals surface area contributed by atoms with Crippen LogP contribution >= 0.6 is 11.3 Å². The molecule has 28 heavy (non-hydrogen) atoms. The maximum Gasteiger partial charge on any atom is 0.348 e. The highest BCUT2D eigenvalue weighted by molar-refractivity contribution is 7.18. The number of rotatable bonds is 9. The highest BCUT2D eigenvalue weighted by Gasteiger charge is 2.24. The van der Waals surface area contributed by atoms with Gasteiger partial charge in [-0.25, -0.2) is 9.59 Å². The number of hydrogen-bond acceptors (Lipinski definition) is 9. The van der Waals surface area contributed by atoms with Gasteiger partial charge in [-0.15, -0.1) is 11.3 Å². The van der Waals surface area contributed by atoms with Gasteiger partial charge in [-0.05, 0) is 26.0 Å². The average Bonchev–Trinajstić information content (AvgIpc) is 3.01. The van der Waals surface area contributed by atoms with Gasteiger partial charge in [0.1, 0.15) is 22.6 Å². The summed E-state index contributed by atoms with van der Waals surface area (Å²) in [5.41, 5.74) is 6.11. The summed E-state index contributed by atoms with van der Waals surface area (Å²) in [5.74, 6) is -0.366. The number of esters is 2. The minimum atomic E-state index is -0.672. The molecule has 148 valence electrons. The number of benzene rings is 1. The van der Waals surface area contributed by atoms with Crippen molar-refractivity contribution in [2.75, 3.05) is 25.6 Å². The number of carbonyl (C=O) groups excluding carboxylic acids is 2. The molecule has 0 fully saturated rings. The van der Waals surface area contributed by atoms with E-state index in [1.54, 1.807) is 31.2 Å². The first-order chi connectivity index (χ1) is 13.5. The largest absolute Gasteiger partial charge is 0.490 e. The Labute approximate surface area is 166 Å². The molecule has 8 nitrogen and oxygen atoms in total.